The third kappa shape index (κ3) is 3.22. The lowest BCUT2D eigenvalue weighted by atomic mass is 10.3. The van der Waals surface area contributed by atoms with Crippen LogP contribution < -0.4 is 5.32 Å². The molecule has 1 aliphatic rings. The number of aromatic nitrogens is 4. The summed E-state index contributed by atoms with van der Waals surface area (Å²) in [7, 11) is -1.01. The van der Waals surface area contributed by atoms with Crippen molar-refractivity contribution in [1.29, 1.82) is 0 Å². The Kier molecular flexibility index (Phi) is 4.11. The molecule has 0 aliphatic heterocycles. The molecule has 0 spiro atoms. The van der Waals surface area contributed by atoms with Gasteiger partial charge in [0.1, 0.15) is 5.02 Å². The number of anilines is 2. The Balaban J connectivity index is 1.61. The highest BCUT2D eigenvalue weighted by atomic mass is 35.5. The van der Waals surface area contributed by atoms with Gasteiger partial charge in [0.05, 0.1) is 26.1 Å². The van der Waals surface area contributed by atoms with Gasteiger partial charge in [-0.1, -0.05) is 11.6 Å². The van der Waals surface area contributed by atoms with Crippen LogP contribution in [0.2, 0.25) is 5.02 Å². The number of nitrogens with one attached hydrogen (secondary N) is 2. The van der Waals surface area contributed by atoms with Crippen LogP contribution in [0.25, 0.3) is 10.7 Å². The molecule has 3 heterocycles. The molecule has 6 nitrogen and oxygen atoms in total. The van der Waals surface area contributed by atoms with Gasteiger partial charge in [0, 0.05) is 23.9 Å². The van der Waals surface area contributed by atoms with Crippen LogP contribution in [0, 0.1) is 0 Å². The molecule has 9 heteroatoms. The maximum absolute atomic E-state index is 11.6. The maximum Gasteiger partial charge on any atom is 0.171 e. The number of aromatic amines is 1. The van der Waals surface area contributed by atoms with E-state index < -0.39 is 10.8 Å². The smallest absolute Gasteiger partial charge is 0.171 e. The minimum atomic E-state index is -1.01. The molecule has 24 heavy (non-hydrogen) atoms. The van der Waals surface area contributed by atoms with Crippen LogP contribution in [0.1, 0.15) is 24.5 Å². The monoisotopic (exact) mass is 379 g/mol. The van der Waals surface area contributed by atoms with E-state index in [0.29, 0.717) is 28.4 Å². The summed E-state index contributed by atoms with van der Waals surface area (Å²) >= 11 is 7.61. The summed E-state index contributed by atoms with van der Waals surface area (Å²) in [4.78, 5) is 9.60. The zero-order chi connectivity index (χ0) is 16.7. The van der Waals surface area contributed by atoms with Crippen molar-refractivity contribution in [3.8, 4) is 10.7 Å². The van der Waals surface area contributed by atoms with Crippen molar-refractivity contribution in [2.45, 2.75) is 23.0 Å². The van der Waals surface area contributed by atoms with Crippen molar-refractivity contribution in [3.05, 3.63) is 35.1 Å². The summed E-state index contributed by atoms with van der Waals surface area (Å²) in [5, 5.41) is 10.8. The zero-order valence-corrected chi connectivity index (χ0v) is 15.1. The molecular weight excluding hydrogens is 366 g/mol. The molecule has 1 atom stereocenters. The van der Waals surface area contributed by atoms with Gasteiger partial charge < -0.3 is 5.32 Å². The van der Waals surface area contributed by atoms with Crippen LogP contribution in [-0.4, -0.2) is 30.6 Å². The van der Waals surface area contributed by atoms with Crippen molar-refractivity contribution >= 4 is 45.4 Å². The molecule has 3 aromatic heterocycles. The topological polar surface area (TPSA) is 83.6 Å². The minimum absolute atomic E-state index is 0.422. The highest BCUT2D eigenvalue weighted by Crippen LogP contribution is 2.40. The van der Waals surface area contributed by atoms with Crippen LogP contribution in [0.4, 0.5) is 11.6 Å². The van der Waals surface area contributed by atoms with Crippen LogP contribution in [0.3, 0.4) is 0 Å². The Morgan fingerprint density at radius 1 is 1.42 bits per heavy atom. The molecule has 1 unspecified atom stereocenters. The fourth-order valence-corrected chi connectivity index (χ4v) is 4.11. The Morgan fingerprint density at radius 3 is 2.96 bits per heavy atom. The van der Waals surface area contributed by atoms with Crippen LogP contribution in [0.5, 0.6) is 0 Å². The van der Waals surface area contributed by atoms with E-state index in [4.69, 9.17) is 11.6 Å². The summed E-state index contributed by atoms with van der Waals surface area (Å²) in [5.41, 5.74) is 1.14. The standard InChI is InChI=1S/C15H14ClN5OS2/c1-24(22)13-5-4-11(23-13)15-17-7-9(16)14(19-15)18-12-6-10(20-21-12)8-2-3-8/h4-8H,2-3H2,1H3,(H2,17,18,19,20,21). The first-order chi connectivity index (χ1) is 11.6. The average molecular weight is 380 g/mol. The molecule has 1 aliphatic carbocycles. The molecule has 4 rings (SSSR count). The molecule has 2 N–H and O–H groups in total. The quantitative estimate of drug-likeness (QED) is 0.701. The van der Waals surface area contributed by atoms with Gasteiger partial charge in [-0.3, -0.25) is 9.31 Å². The van der Waals surface area contributed by atoms with Gasteiger partial charge in [0.25, 0.3) is 0 Å². The first-order valence-corrected chi connectivity index (χ1v) is 10.1. The number of H-pyrrole nitrogens is 1. The Bertz CT molecular complexity index is 918. The molecule has 3 aromatic rings. The number of halogens is 1. The van der Waals surface area contributed by atoms with Crippen molar-refractivity contribution in [2.75, 3.05) is 11.6 Å². The molecular formula is C15H14ClN5OS2. The van der Waals surface area contributed by atoms with Crippen LogP contribution in [0.15, 0.2) is 28.6 Å². The molecule has 0 radical (unpaired) electrons. The molecule has 0 amide bonds. The second-order valence-electron chi connectivity index (χ2n) is 5.57. The van der Waals surface area contributed by atoms with Gasteiger partial charge in [0.15, 0.2) is 17.5 Å². The predicted molar refractivity (Wildman–Crippen MR) is 96.5 cm³/mol. The summed E-state index contributed by atoms with van der Waals surface area (Å²) in [6.07, 6.45) is 5.63. The van der Waals surface area contributed by atoms with Crippen molar-refractivity contribution < 1.29 is 4.21 Å². The molecule has 1 fully saturated rings. The lowest BCUT2D eigenvalue weighted by molar-refractivity contribution is 0.688. The first-order valence-electron chi connectivity index (χ1n) is 7.38. The maximum atomic E-state index is 11.6. The summed E-state index contributed by atoms with van der Waals surface area (Å²) in [5.74, 6) is 2.33. The molecule has 0 bridgehead atoms. The van der Waals surface area contributed by atoms with Gasteiger partial charge in [-0.05, 0) is 25.0 Å². The number of nitrogens with zero attached hydrogens (tertiary/aromatic N) is 3. The first kappa shape index (κ1) is 15.7. The summed E-state index contributed by atoms with van der Waals surface area (Å²) in [6.45, 7) is 0. The van der Waals surface area contributed by atoms with E-state index in [0.717, 1.165) is 14.8 Å². The summed E-state index contributed by atoms with van der Waals surface area (Å²) < 4.78 is 12.3. The Labute approximate surface area is 150 Å². The largest absolute Gasteiger partial charge is 0.322 e. The van der Waals surface area contributed by atoms with E-state index >= 15 is 0 Å². The third-order valence-electron chi connectivity index (χ3n) is 3.69. The minimum Gasteiger partial charge on any atom is -0.322 e. The normalized spacial score (nSPS) is 15.4. The lowest BCUT2D eigenvalue weighted by Gasteiger charge is -2.05. The number of hydrogen-bond acceptors (Lipinski definition) is 6. The predicted octanol–water partition coefficient (Wildman–Crippen LogP) is 3.94. The van der Waals surface area contributed by atoms with Gasteiger partial charge in [-0.15, -0.1) is 11.3 Å². The van der Waals surface area contributed by atoms with Crippen molar-refractivity contribution in [3.63, 3.8) is 0 Å². The average Bonchev–Trinajstić information content (AvgIpc) is 3.10. The van der Waals surface area contributed by atoms with Crippen LogP contribution in [-0.2, 0) is 10.8 Å². The lowest BCUT2D eigenvalue weighted by Crippen LogP contribution is -1.98. The van der Waals surface area contributed by atoms with E-state index in [9.17, 15) is 4.21 Å². The molecule has 0 aromatic carbocycles. The second-order valence-corrected chi connectivity index (χ2v) is 8.67. The molecule has 1 saturated carbocycles. The van der Waals surface area contributed by atoms with E-state index in [-0.39, 0.29) is 0 Å². The fraction of sp³-hybridized carbons (Fsp3) is 0.267. The second kappa shape index (κ2) is 6.27. The summed E-state index contributed by atoms with van der Waals surface area (Å²) in [6, 6.07) is 5.68. The van der Waals surface area contributed by atoms with E-state index in [1.54, 1.807) is 12.5 Å². The van der Waals surface area contributed by atoms with Gasteiger partial charge in [-0.25, -0.2) is 9.97 Å². The Hall–Kier alpha value is -1.77. The number of thiophene rings is 1. The van der Waals surface area contributed by atoms with E-state index in [1.165, 1.54) is 24.2 Å². The Morgan fingerprint density at radius 2 is 2.25 bits per heavy atom. The van der Waals surface area contributed by atoms with Crippen molar-refractivity contribution in [2.24, 2.45) is 0 Å². The number of hydrogen-bond donors (Lipinski definition) is 2. The van der Waals surface area contributed by atoms with Crippen molar-refractivity contribution in [1.82, 2.24) is 20.2 Å². The highest BCUT2D eigenvalue weighted by Gasteiger charge is 2.25. The zero-order valence-electron chi connectivity index (χ0n) is 12.7. The molecule has 0 saturated heterocycles. The number of rotatable bonds is 5. The van der Waals surface area contributed by atoms with E-state index in [2.05, 4.69) is 25.5 Å². The highest BCUT2D eigenvalue weighted by molar-refractivity contribution is 7.86. The SMILES string of the molecule is CS(=O)c1ccc(-c2ncc(Cl)c(Nc3cc(C4CC4)[nH]n3)n2)s1. The van der Waals surface area contributed by atoms with E-state index in [1.807, 2.05) is 18.2 Å². The van der Waals surface area contributed by atoms with Crippen LogP contribution >= 0.6 is 22.9 Å². The fourth-order valence-electron chi connectivity index (χ4n) is 2.29. The van der Waals surface area contributed by atoms with Gasteiger partial charge in [-0.2, -0.15) is 5.10 Å². The molecule has 124 valence electrons. The van der Waals surface area contributed by atoms with Gasteiger partial charge >= 0.3 is 0 Å². The third-order valence-corrected chi connectivity index (χ3v) is 6.50. The van der Waals surface area contributed by atoms with Gasteiger partial charge in [0.2, 0.25) is 0 Å².